The van der Waals surface area contributed by atoms with Crippen molar-refractivity contribution in [2.24, 2.45) is 5.14 Å². The van der Waals surface area contributed by atoms with Crippen LogP contribution in [-0.2, 0) is 10.0 Å². The first-order valence-corrected chi connectivity index (χ1v) is 7.67. The molecule has 0 spiro atoms. The number of sulfonamides is 1. The molecule has 2 rings (SSSR count). The molecule has 0 unspecified atom stereocenters. The van der Waals surface area contributed by atoms with Crippen molar-refractivity contribution >= 4 is 27.1 Å². The van der Waals surface area contributed by atoms with Crippen LogP contribution in [0.2, 0.25) is 0 Å². The Morgan fingerprint density at radius 1 is 1.14 bits per heavy atom. The molecule has 0 atom stereocenters. The number of rotatable bonds is 4. The fourth-order valence-electron chi connectivity index (χ4n) is 1.95. The summed E-state index contributed by atoms with van der Waals surface area (Å²) in [6.45, 7) is 0. The lowest BCUT2D eigenvalue weighted by Gasteiger charge is -2.22. The molecule has 0 aromatic heterocycles. The van der Waals surface area contributed by atoms with E-state index in [0.717, 1.165) is 5.69 Å². The summed E-state index contributed by atoms with van der Waals surface area (Å²) in [6, 6.07) is 11.7. The number of benzene rings is 2. The molecule has 0 heterocycles. The van der Waals surface area contributed by atoms with E-state index >= 15 is 0 Å². The molecule has 7 heteroatoms. The molecule has 0 bridgehead atoms. The van der Waals surface area contributed by atoms with Gasteiger partial charge in [0.15, 0.2) is 0 Å². The van der Waals surface area contributed by atoms with Gasteiger partial charge in [0.05, 0.1) is 23.4 Å². The number of ether oxygens (including phenoxy) is 1. The highest BCUT2D eigenvalue weighted by Gasteiger charge is 2.14. The Kier molecular flexibility index (Phi) is 4.06. The van der Waals surface area contributed by atoms with Gasteiger partial charge in [-0.3, -0.25) is 0 Å². The zero-order valence-corrected chi connectivity index (χ0v) is 12.6. The molecule has 0 radical (unpaired) electrons. The molecule has 2 aromatic carbocycles. The normalized spacial score (nSPS) is 11.2. The minimum atomic E-state index is -3.78. The fraction of sp³-hybridized carbons (Fsp3) is 0.143. The van der Waals surface area contributed by atoms with Crippen molar-refractivity contribution < 1.29 is 13.2 Å². The Balaban J connectivity index is 2.49. The first-order chi connectivity index (χ1) is 9.82. The molecule has 21 heavy (non-hydrogen) atoms. The van der Waals surface area contributed by atoms with Gasteiger partial charge in [-0.25, -0.2) is 13.6 Å². The van der Waals surface area contributed by atoms with Crippen molar-refractivity contribution in [2.75, 3.05) is 24.8 Å². The quantitative estimate of drug-likeness (QED) is 0.838. The van der Waals surface area contributed by atoms with Gasteiger partial charge in [0, 0.05) is 18.8 Å². The number of nitrogens with zero attached hydrogens (tertiary/aromatic N) is 1. The Morgan fingerprint density at radius 2 is 1.86 bits per heavy atom. The van der Waals surface area contributed by atoms with Crippen LogP contribution in [0, 0.1) is 0 Å². The molecule has 0 aliphatic rings. The van der Waals surface area contributed by atoms with E-state index in [0.29, 0.717) is 17.1 Å². The molecule has 0 aliphatic carbocycles. The zero-order chi connectivity index (χ0) is 15.6. The zero-order valence-electron chi connectivity index (χ0n) is 11.8. The van der Waals surface area contributed by atoms with Gasteiger partial charge in [-0.15, -0.1) is 0 Å². The number of nitrogens with two attached hydrogens (primary N) is 2. The Hall–Kier alpha value is -2.25. The smallest absolute Gasteiger partial charge is 0.238 e. The molecule has 4 N–H and O–H groups in total. The van der Waals surface area contributed by atoms with Gasteiger partial charge in [0.2, 0.25) is 10.0 Å². The molecule has 6 nitrogen and oxygen atoms in total. The number of methoxy groups -OCH3 is 1. The second kappa shape index (κ2) is 5.63. The van der Waals surface area contributed by atoms with Gasteiger partial charge in [-0.2, -0.15) is 0 Å². The van der Waals surface area contributed by atoms with Gasteiger partial charge >= 0.3 is 0 Å². The van der Waals surface area contributed by atoms with Crippen molar-refractivity contribution in [2.45, 2.75) is 4.90 Å². The molecule has 0 fully saturated rings. The van der Waals surface area contributed by atoms with Crippen LogP contribution in [0.3, 0.4) is 0 Å². The van der Waals surface area contributed by atoms with Crippen molar-refractivity contribution in [3.05, 3.63) is 42.5 Å². The van der Waals surface area contributed by atoms with Gasteiger partial charge in [-0.05, 0) is 30.3 Å². The second-order valence-electron chi connectivity index (χ2n) is 4.53. The summed E-state index contributed by atoms with van der Waals surface area (Å²) in [5.41, 5.74) is 7.75. The molecule has 2 aromatic rings. The van der Waals surface area contributed by atoms with Gasteiger partial charge < -0.3 is 15.4 Å². The van der Waals surface area contributed by atoms with Crippen LogP contribution in [0.15, 0.2) is 47.4 Å². The van der Waals surface area contributed by atoms with Crippen LogP contribution in [0.4, 0.5) is 17.1 Å². The Morgan fingerprint density at radius 3 is 2.48 bits per heavy atom. The van der Waals surface area contributed by atoms with Crippen LogP contribution in [0.5, 0.6) is 5.75 Å². The highest BCUT2D eigenvalue weighted by Crippen LogP contribution is 2.32. The largest absolute Gasteiger partial charge is 0.497 e. The third-order valence-corrected chi connectivity index (χ3v) is 4.04. The molecule has 0 saturated carbocycles. The van der Waals surface area contributed by atoms with Gasteiger partial charge in [-0.1, -0.05) is 6.07 Å². The Labute approximate surface area is 124 Å². The summed E-state index contributed by atoms with van der Waals surface area (Å²) in [7, 11) is -0.414. The summed E-state index contributed by atoms with van der Waals surface area (Å²) in [4.78, 5) is 1.79. The van der Waals surface area contributed by atoms with Gasteiger partial charge in [0.1, 0.15) is 5.75 Å². The fourth-order valence-corrected chi connectivity index (χ4v) is 2.48. The predicted molar refractivity (Wildman–Crippen MR) is 83.3 cm³/mol. The van der Waals surface area contributed by atoms with Crippen LogP contribution < -0.4 is 20.5 Å². The van der Waals surface area contributed by atoms with E-state index < -0.39 is 10.0 Å². The molecule has 0 aliphatic heterocycles. The van der Waals surface area contributed by atoms with Crippen LogP contribution >= 0.6 is 0 Å². The summed E-state index contributed by atoms with van der Waals surface area (Å²) < 4.78 is 28.1. The molecular formula is C14H17N3O3S. The highest BCUT2D eigenvalue weighted by atomic mass is 32.2. The van der Waals surface area contributed by atoms with E-state index in [2.05, 4.69) is 0 Å². The lowest BCUT2D eigenvalue weighted by atomic mass is 10.2. The van der Waals surface area contributed by atoms with E-state index in [4.69, 9.17) is 15.6 Å². The number of nitrogen functional groups attached to an aromatic ring is 1. The van der Waals surface area contributed by atoms with Crippen LogP contribution in [0.25, 0.3) is 0 Å². The predicted octanol–water partition coefficient (Wildman–Crippen LogP) is 1.69. The maximum Gasteiger partial charge on any atom is 0.238 e. The minimum absolute atomic E-state index is 0.0152. The summed E-state index contributed by atoms with van der Waals surface area (Å²) >= 11 is 0. The first kappa shape index (κ1) is 15.1. The average molecular weight is 307 g/mol. The maximum absolute atomic E-state index is 11.5. The lowest BCUT2D eigenvalue weighted by molar-refractivity contribution is 0.415. The van der Waals surface area contributed by atoms with E-state index in [1.54, 1.807) is 19.1 Å². The molecule has 0 saturated heterocycles. The average Bonchev–Trinajstić information content (AvgIpc) is 2.46. The number of hydrogen-bond donors (Lipinski definition) is 2. The van der Waals surface area contributed by atoms with E-state index in [1.165, 1.54) is 18.2 Å². The Bertz CT molecular complexity index is 760. The van der Waals surface area contributed by atoms with E-state index in [1.807, 2.05) is 24.3 Å². The monoisotopic (exact) mass is 307 g/mol. The van der Waals surface area contributed by atoms with E-state index in [9.17, 15) is 8.42 Å². The second-order valence-corrected chi connectivity index (χ2v) is 6.09. The molecular weight excluding hydrogens is 290 g/mol. The van der Waals surface area contributed by atoms with Crippen LogP contribution in [0.1, 0.15) is 0 Å². The van der Waals surface area contributed by atoms with Crippen molar-refractivity contribution in [3.8, 4) is 5.75 Å². The SMILES string of the molecule is COc1cccc(N(C)c2cc(S(N)(=O)=O)ccc2N)c1. The highest BCUT2D eigenvalue weighted by molar-refractivity contribution is 7.89. The topological polar surface area (TPSA) is 98.6 Å². The third-order valence-electron chi connectivity index (χ3n) is 3.13. The molecule has 0 amide bonds. The maximum atomic E-state index is 11.5. The van der Waals surface area contributed by atoms with Crippen LogP contribution in [-0.4, -0.2) is 22.6 Å². The first-order valence-electron chi connectivity index (χ1n) is 6.13. The standard InChI is InChI=1S/C14H17N3O3S/c1-17(10-4-3-5-11(8-10)20-2)14-9-12(21(16,18)19)6-7-13(14)15/h3-9H,15H2,1-2H3,(H2,16,18,19). The third kappa shape index (κ3) is 3.26. The summed E-state index contributed by atoms with van der Waals surface area (Å²) in [5, 5.41) is 5.15. The molecule has 112 valence electrons. The van der Waals surface area contributed by atoms with Crippen molar-refractivity contribution in [3.63, 3.8) is 0 Å². The van der Waals surface area contributed by atoms with Gasteiger partial charge in [0.25, 0.3) is 0 Å². The van der Waals surface area contributed by atoms with E-state index in [-0.39, 0.29) is 4.90 Å². The van der Waals surface area contributed by atoms with Crippen molar-refractivity contribution in [1.82, 2.24) is 0 Å². The number of anilines is 3. The number of primary sulfonamides is 1. The number of hydrogen-bond acceptors (Lipinski definition) is 5. The summed E-state index contributed by atoms with van der Waals surface area (Å²) in [6.07, 6.45) is 0. The lowest BCUT2D eigenvalue weighted by Crippen LogP contribution is -2.15. The summed E-state index contributed by atoms with van der Waals surface area (Å²) in [5.74, 6) is 0.695. The minimum Gasteiger partial charge on any atom is -0.497 e. The van der Waals surface area contributed by atoms with Crippen molar-refractivity contribution in [1.29, 1.82) is 0 Å².